The van der Waals surface area contributed by atoms with Crippen LogP contribution >= 0.6 is 12.4 Å². The second kappa shape index (κ2) is 10.7. The van der Waals surface area contributed by atoms with Crippen molar-refractivity contribution in [2.75, 3.05) is 24.3 Å². The van der Waals surface area contributed by atoms with Crippen LogP contribution < -0.4 is 15.5 Å². The summed E-state index contributed by atoms with van der Waals surface area (Å²) in [5, 5.41) is 6.23. The Morgan fingerprint density at radius 3 is 2.16 bits per heavy atom. The molecule has 1 aromatic carbocycles. The van der Waals surface area contributed by atoms with E-state index >= 15 is 0 Å². The van der Waals surface area contributed by atoms with Crippen LogP contribution in [0.25, 0.3) is 0 Å². The molecule has 1 amide bonds. The number of carbonyl (C=O) groups is 1. The van der Waals surface area contributed by atoms with Gasteiger partial charge in [-0.1, -0.05) is 6.92 Å². The van der Waals surface area contributed by atoms with Gasteiger partial charge >= 0.3 is 0 Å². The Labute approximate surface area is 186 Å². The van der Waals surface area contributed by atoms with Crippen LogP contribution in [0.15, 0.2) is 18.2 Å². The summed E-state index contributed by atoms with van der Waals surface area (Å²) < 4.78 is 39.8. The Kier molecular flexibility index (Phi) is 8.50. The van der Waals surface area contributed by atoms with Crippen molar-refractivity contribution in [3.8, 4) is 0 Å². The van der Waals surface area contributed by atoms with Crippen LogP contribution in [0.2, 0.25) is 0 Å². The van der Waals surface area contributed by atoms with Gasteiger partial charge in [-0.05, 0) is 37.8 Å². The molecule has 170 valence electrons. The molecule has 0 unspecified atom stereocenters. The zero-order chi connectivity index (χ0) is 21.8. The zero-order valence-electron chi connectivity index (χ0n) is 17.7. The lowest BCUT2D eigenvalue weighted by Gasteiger charge is -2.30. The van der Waals surface area contributed by atoms with Crippen molar-refractivity contribution < 1.29 is 18.0 Å². The number of rotatable bonds is 6. The molecule has 0 saturated heterocycles. The zero-order valence-corrected chi connectivity index (χ0v) is 18.5. The van der Waals surface area contributed by atoms with Gasteiger partial charge in [0.25, 0.3) is 5.91 Å². The molecule has 0 atom stereocenters. The first-order valence-corrected chi connectivity index (χ1v) is 10.0. The topological polar surface area (TPSA) is 70.2 Å². The molecule has 1 aliphatic carbocycles. The van der Waals surface area contributed by atoms with Crippen molar-refractivity contribution in [2.45, 2.75) is 51.1 Å². The molecule has 31 heavy (non-hydrogen) atoms. The molecule has 1 heterocycles. The van der Waals surface area contributed by atoms with E-state index in [-0.39, 0.29) is 30.1 Å². The number of benzene rings is 1. The summed E-state index contributed by atoms with van der Waals surface area (Å²) in [5.41, 5.74) is -0.226. The molecular weight excluding hydrogens is 431 g/mol. The molecular formula is C21H27ClF3N5O. The maximum absolute atomic E-state index is 13.4. The smallest absolute Gasteiger partial charge is 0.251 e. The fraction of sp³-hybridized carbons (Fsp3) is 0.476. The number of aryl methyl sites for hydroxylation is 1. The van der Waals surface area contributed by atoms with Crippen LogP contribution in [0.3, 0.4) is 0 Å². The third-order valence-corrected chi connectivity index (χ3v) is 5.19. The first-order chi connectivity index (χ1) is 14.3. The predicted molar refractivity (Wildman–Crippen MR) is 116 cm³/mol. The second-order valence-corrected chi connectivity index (χ2v) is 7.70. The van der Waals surface area contributed by atoms with Crippen LogP contribution in [-0.2, 0) is 6.42 Å². The summed E-state index contributed by atoms with van der Waals surface area (Å²) in [7, 11) is 3.86. The van der Waals surface area contributed by atoms with E-state index in [0.717, 1.165) is 36.7 Å². The van der Waals surface area contributed by atoms with E-state index in [1.54, 1.807) is 0 Å². The van der Waals surface area contributed by atoms with Crippen LogP contribution in [0, 0.1) is 17.5 Å². The third-order valence-electron chi connectivity index (χ3n) is 5.19. The summed E-state index contributed by atoms with van der Waals surface area (Å²) >= 11 is 0. The van der Waals surface area contributed by atoms with Crippen molar-refractivity contribution in [1.82, 2.24) is 15.3 Å². The first-order valence-electron chi connectivity index (χ1n) is 10.0. The molecule has 3 rings (SSSR count). The average molecular weight is 458 g/mol. The maximum Gasteiger partial charge on any atom is 0.251 e. The lowest BCUT2D eigenvalue weighted by Crippen LogP contribution is -2.40. The number of amides is 1. The highest BCUT2D eigenvalue weighted by Crippen LogP contribution is 2.24. The summed E-state index contributed by atoms with van der Waals surface area (Å²) in [4.78, 5) is 23.2. The number of hydrogen-bond donors (Lipinski definition) is 2. The van der Waals surface area contributed by atoms with Crippen molar-refractivity contribution in [1.29, 1.82) is 0 Å². The SMILES string of the molecule is CCc1nc(N[C@H]2CC[C@@H](NC(=O)c3cc(F)c(F)c(F)c3)CC2)cc(N(C)C)n1.Cl. The molecule has 10 heteroatoms. The van der Waals surface area contributed by atoms with Gasteiger partial charge in [0.1, 0.15) is 17.5 Å². The van der Waals surface area contributed by atoms with Gasteiger partial charge < -0.3 is 15.5 Å². The second-order valence-electron chi connectivity index (χ2n) is 7.70. The van der Waals surface area contributed by atoms with E-state index in [0.29, 0.717) is 25.0 Å². The van der Waals surface area contributed by atoms with Crippen molar-refractivity contribution in [2.24, 2.45) is 0 Å². The number of halogens is 4. The van der Waals surface area contributed by atoms with Crippen molar-refractivity contribution >= 4 is 29.9 Å². The molecule has 1 fully saturated rings. The maximum atomic E-state index is 13.4. The highest BCUT2D eigenvalue weighted by Gasteiger charge is 2.24. The molecule has 0 bridgehead atoms. The fourth-order valence-corrected chi connectivity index (χ4v) is 3.49. The molecule has 6 nitrogen and oxygen atoms in total. The summed E-state index contributed by atoms with van der Waals surface area (Å²) in [6, 6.07) is 3.42. The Balaban J connectivity index is 0.00000341. The minimum atomic E-state index is -1.58. The van der Waals surface area contributed by atoms with Crippen LogP contribution in [0.4, 0.5) is 24.8 Å². The molecule has 0 spiro atoms. The highest BCUT2D eigenvalue weighted by atomic mass is 35.5. The average Bonchev–Trinajstić information content (AvgIpc) is 2.72. The summed E-state index contributed by atoms with van der Waals surface area (Å²) in [6.45, 7) is 2.01. The van der Waals surface area contributed by atoms with Crippen LogP contribution in [0.5, 0.6) is 0 Å². The van der Waals surface area contributed by atoms with E-state index in [9.17, 15) is 18.0 Å². The van der Waals surface area contributed by atoms with E-state index in [2.05, 4.69) is 20.6 Å². The predicted octanol–water partition coefficient (Wildman–Crippen LogP) is 4.10. The van der Waals surface area contributed by atoms with Gasteiger partial charge in [0.15, 0.2) is 17.5 Å². The highest BCUT2D eigenvalue weighted by molar-refractivity contribution is 5.94. The lowest BCUT2D eigenvalue weighted by atomic mass is 9.91. The Hall–Kier alpha value is -2.55. The monoisotopic (exact) mass is 457 g/mol. The van der Waals surface area contributed by atoms with E-state index in [1.807, 2.05) is 32.0 Å². The summed E-state index contributed by atoms with van der Waals surface area (Å²) in [5.74, 6) is -2.56. The fourth-order valence-electron chi connectivity index (χ4n) is 3.49. The number of nitrogens with one attached hydrogen (secondary N) is 2. The molecule has 0 radical (unpaired) electrons. The van der Waals surface area contributed by atoms with Crippen LogP contribution in [-0.4, -0.2) is 42.1 Å². The van der Waals surface area contributed by atoms with E-state index in [4.69, 9.17) is 0 Å². The van der Waals surface area contributed by atoms with Crippen LogP contribution in [0.1, 0.15) is 48.8 Å². The minimum absolute atomic E-state index is 0. The van der Waals surface area contributed by atoms with Gasteiger partial charge in [-0.25, -0.2) is 23.1 Å². The lowest BCUT2D eigenvalue weighted by molar-refractivity contribution is 0.0925. The molecule has 1 aliphatic rings. The van der Waals surface area contributed by atoms with Crippen molar-refractivity contribution in [3.63, 3.8) is 0 Å². The third kappa shape index (κ3) is 6.22. The number of hydrogen-bond acceptors (Lipinski definition) is 5. The Morgan fingerprint density at radius 2 is 1.61 bits per heavy atom. The largest absolute Gasteiger partial charge is 0.367 e. The van der Waals surface area contributed by atoms with E-state index < -0.39 is 23.4 Å². The number of carbonyl (C=O) groups excluding carboxylic acids is 1. The number of anilines is 2. The Morgan fingerprint density at radius 1 is 1.03 bits per heavy atom. The van der Waals surface area contributed by atoms with Gasteiger partial charge in [-0.15, -0.1) is 12.4 Å². The molecule has 1 aromatic heterocycles. The van der Waals surface area contributed by atoms with Crippen molar-refractivity contribution in [3.05, 3.63) is 47.0 Å². The number of aromatic nitrogens is 2. The van der Waals surface area contributed by atoms with E-state index in [1.165, 1.54) is 0 Å². The number of nitrogens with zero attached hydrogens (tertiary/aromatic N) is 3. The van der Waals surface area contributed by atoms with Gasteiger partial charge in [0.2, 0.25) is 0 Å². The summed E-state index contributed by atoms with van der Waals surface area (Å²) in [6.07, 6.45) is 3.77. The standard InChI is InChI=1S/C21H26F3N5O.ClH/c1-4-17-27-18(11-19(28-17)29(2)3)25-13-5-7-14(8-6-13)26-21(30)12-9-15(22)20(24)16(23)10-12;/h9-11,13-14H,4-8H2,1-3H3,(H,26,30)(H,25,27,28);1H/t13-,14+;. The quantitative estimate of drug-likeness (QED) is 0.639. The van der Waals surface area contributed by atoms with Gasteiger partial charge in [-0.2, -0.15) is 0 Å². The molecule has 0 aliphatic heterocycles. The first kappa shape index (κ1) is 24.7. The normalized spacial score (nSPS) is 18.1. The van der Waals surface area contributed by atoms with Gasteiger partial charge in [0.05, 0.1) is 0 Å². The minimum Gasteiger partial charge on any atom is -0.367 e. The Bertz CT molecular complexity index is 897. The molecule has 2 aromatic rings. The van der Waals surface area contributed by atoms with Gasteiger partial charge in [-0.3, -0.25) is 4.79 Å². The molecule has 2 N–H and O–H groups in total. The molecule has 1 saturated carbocycles. The van der Waals surface area contributed by atoms with Gasteiger partial charge in [0, 0.05) is 44.2 Å².